The van der Waals surface area contributed by atoms with Crippen LogP contribution in [0.25, 0.3) is 0 Å². The van der Waals surface area contributed by atoms with Gasteiger partial charge < -0.3 is 5.73 Å². The van der Waals surface area contributed by atoms with Gasteiger partial charge in [-0.3, -0.25) is 24.6 Å². The number of nitrogens with two attached hydrogens (primary N) is 1. The van der Waals surface area contributed by atoms with Crippen LogP contribution in [0, 0.1) is 0 Å². The summed E-state index contributed by atoms with van der Waals surface area (Å²) in [6.07, 6.45) is 0. The largest absolute Gasteiger partial charge is 0.368 e. The number of hydrogen-bond acceptors (Lipinski definition) is 4. The number of carbonyl (C=O) groups excluding carboxylic acids is 3. The van der Waals surface area contributed by atoms with Crippen LogP contribution in [0.5, 0.6) is 0 Å². The number of nitrogens with one attached hydrogen (secondary N) is 1. The number of rotatable bonds is 2. The number of carbonyl (C=O) groups is 3. The van der Waals surface area contributed by atoms with Gasteiger partial charge in [-0.15, -0.1) is 0 Å². The Bertz CT molecular complexity index is 248. The van der Waals surface area contributed by atoms with Gasteiger partial charge >= 0.3 is 0 Å². The van der Waals surface area contributed by atoms with Gasteiger partial charge in [0.15, 0.2) is 0 Å². The average Bonchev–Trinajstić information content (AvgIpc) is 2.03. The first-order valence-electron chi connectivity index (χ1n) is 3.89. The third-order valence-electron chi connectivity index (χ3n) is 1.89. The highest BCUT2D eigenvalue weighted by Gasteiger charge is 2.32. The summed E-state index contributed by atoms with van der Waals surface area (Å²) >= 11 is 0. The Morgan fingerprint density at radius 1 is 1.46 bits per heavy atom. The second-order valence-electron chi connectivity index (χ2n) is 2.84. The van der Waals surface area contributed by atoms with Crippen LogP contribution in [0.3, 0.4) is 0 Å². The summed E-state index contributed by atoms with van der Waals surface area (Å²) in [6.45, 7) is 1.58. The number of nitrogens with zero attached hydrogens (tertiary/aromatic N) is 1. The molecular formula is C7H11N3O3. The van der Waals surface area contributed by atoms with E-state index in [9.17, 15) is 14.4 Å². The maximum atomic E-state index is 11.2. The normalized spacial score (nSPS) is 20.2. The van der Waals surface area contributed by atoms with E-state index in [1.807, 2.05) is 0 Å². The molecule has 0 spiro atoms. The maximum absolute atomic E-state index is 11.2. The molecule has 1 unspecified atom stereocenters. The quantitative estimate of drug-likeness (QED) is 0.478. The molecule has 3 amide bonds. The standard InChI is InChI=1S/C7H11N3O3/c1-4(7(8)13)10-5(11)2-9-3-6(10)12/h4,9H,2-3H2,1H3,(H2,8,13). The molecule has 1 saturated heterocycles. The van der Waals surface area contributed by atoms with Gasteiger partial charge in [0, 0.05) is 0 Å². The van der Waals surface area contributed by atoms with Crippen LogP contribution >= 0.6 is 0 Å². The fourth-order valence-corrected chi connectivity index (χ4v) is 1.15. The van der Waals surface area contributed by atoms with E-state index in [-0.39, 0.29) is 13.1 Å². The molecule has 13 heavy (non-hydrogen) atoms. The third-order valence-corrected chi connectivity index (χ3v) is 1.89. The minimum absolute atomic E-state index is 0.0728. The van der Waals surface area contributed by atoms with Gasteiger partial charge in [-0.05, 0) is 6.92 Å². The van der Waals surface area contributed by atoms with E-state index in [1.165, 1.54) is 6.92 Å². The van der Waals surface area contributed by atoms with Crippen LogP contribution in [-0.4, -0.2) is 41.8 Å². The lowest BCUT2D eigenvalue weighted by atomic mass is 10.2. The summed E-state index contributed by atoms with van der Waals surface area (Å²) in [6, 6.07) is -0.859. The first-order valence-corrected chi connectivity index (χ1v) is 3.89. The SMILES string of the molecule is CC(C(N)=O)N1C(=O)CNCC1=O. The predicted molar refractivity (Wildman–Crippen MR) is 43.4 cm³/mol. The smallest absolute Gasteiger partial charge is 0.243 e. The zero-order valence-electron chi connectivity index (χ0n) is 7.24. The van der Waals surface area contributed by atoms with Crippen LogP contribution in [0.4, 0.5) is 0 Å². The Labute approximate surface area is 75.1 Å². The number of amides is 3. The van der Waals surface area contributed by atoms with Crippen molar-refractivity contribution < 1.29 is 14.4 Å². The molecule has 72 valence electrons. The van der Waals surface area contributed by atoms with Crippen molar-refractivity contribution in [3.05, 3.63) is 0 Å². The molecule has 0 aromatic heterocycles. The van der Waals surface area contributed by atoms with Gasteiger partial charge in [0.2, 0.25) is 17.7 Å². The fourth-order valence-electron chi connectivity index (χ4n) is 1.15. The average molecular weight is 185 g/mol. The van der Waals surface area contributed by atoms with Crippen molar-refractivity contribution in [1.82, 2.24) is 10.2 Å². The highest BCUT2D eigenvalue weighted by Crippen LogP contribution is 2.02. The molecule has 0 radical (unpaired) electrons. The predicted octanol–water partition coefficient (Wildman–Crippen LogP) is -2.18. The molecule has 6 heteroatoms. The summed E-state index contributed by atoms with van der Waals surface area (Å²) in [4.78, 5) is 34.0. The zero-order valence-corrected chi connectivity index (χ0v) is 7.24. The molecular weight excluding hydrogens is 174 g/mol. The van der Waals surface area contributed by atoms with Crippen molar-refractivity contribution >= 4 is 17.7 Å². The molecule has 1 aliphatic rings. The van der Waals surface area contributed by atoms with Crippen molar-refractivity contribution in [2.75, 3.05) is 13.1 Å². The monoisotopic (exact) mass is 185 g/mol. The first-order chi connectivity index (χ1) is 6.04. The molecule has 0 saturated carbocycles. The van der Waals surface area contributed by atoms with E-state index >= 15 is 0 Å². The second kappa shape index (κ2) is 3.53. The molecule has 0 aromatic carbocycles. The van der Waals surface area contributed by atoms with E-state index in [2.05, 4.69) is 5.32 Å². The Morgan fingerprint density at radius 2 is 1.92 bits per heavy atom. The molecule has 1 heterocycles. The van der Waals surface area contributed by atoms with Gasteiger partial charge in [-0.2, -0.15) is 0 Å². The van der Waals surface area contributed by atoms with Crippen LogP contribution in [0.15, 0.2) is 0 Å². The molecule has 1 rings (SSSR count). The van der Waals surface area contributed by atoms with E-state index in [1.54, 1.807) is 0 Å². The lowest BCUT2D eigenvalue weighted by Crippen LogP contribution is -2.58. The molecule has 1 aliphatic heterocycles. The summed E-state index contributed by atoms with van der Waals surface area (Å²) in [5, 5.41) is 2.62. The van der Waals surface area contributed by atoms with E-state index in [0.29, 0.717) is 0 Å². The van der Waals surface area contributed by atoms with E-state index in [0.717, 1.165) is 4.90 Å². The highest BCUT2D eigenvalue weighted by molar-refractivity contribution is 6.03. The Kier molecular flexibility index (Phi) is 2.62. The van der Waals surface area contributed by atoms with Crippen molar-refractivity contribution in [3.63, 3.8) is 0 Å². The molecule has 0 aromatic rings. The van der Waals surface area contributed by atoms with E-state index < -0.39 is 23.8 Å². The van der Waals surface area contributed by atoms with Gasteiger partial charge in [0.25, 0.3) is 0 Å². The van der Waals surface area contributed by atoms with Gasteiger partial charge in [0.05, 0.1) is 13.1 Å². The van der Waals surface area contributed by atoms with Gasteiger partial charge in [-0.25, -0.2) is 0 Å². The summed E-state index contributed by atoms with van der Waals surface area (Å²) in [5.74, 6) is -1.51. The van der Waals surface area contributed by atoms with Crippen molar-refractivity contribution in [3.8, 4) is 0 Å². The Hall–Kier alpha value is -1.43. The highest BCUT2D eigenvalue weighted by atomic mass is 16.2. The number of imide groups is 1. The molecule has 1 atom stereocenters. The number of piperazine rings is 1. The molecule has 0 bridgehead atoms. The molecule has 6 nitrogen and oxygen atoms in total. The van der Waals surface area contributed by atoms with Crippen LogP contribution < -0.4 is 11.1 Å². The minimum Gasteiger partial charge on any atom is -0.368 e. The summed E-state index contributed by atoms with van der Waals surface area (Å²) in [5.41, 5.74) is 4.99. The van der Waals surface area contributed by atoms with Crippen molar-refractivity contribution in [2.45, 2.75) is 13.0 Å². The molecule has 1 fully saturated rings. The lowest BCUT2D eigenvalue weighted by Gasteiger charge is -2.28. The lowest BCUT2D eigenvalue weighted by molar-refractivity contribution is -0.152. The number of primary amides is 1. The topological polar surface area (TPSA) is 92.5 Å². The third kappa shape index (κ3) is 1.83. The second-order valence-corrected chi connectivity index (χ2v) is 2.84. The molecule has 0 aliphatic carbocycles. The van der Waals surface area contributed by atoms with E-state index in [4.69, 9.17) is 5.73 Å². The zero-order chi connectivity index (χ0) is 10.0. The van der Waals surface area contributed by atoms with Gasteiger partial charge in [0.1, 0.15) is 6.04 Å². The van der Waals surface area contributed by atoms with Crippen molar-refractivity contribution in [1.29, 1.82) is 0 Å². The minimum atomic E-state index is -0.859. The number of hydrogen-bond donors (Lipinski definition) is 2. The van der Waals surface area contributed by atoms with Crippen LogP contribution in [0.1, 0.15) is 6.92 Å². The van der Waals surface area contributed by atoms with Crippen molar-refractivity contribution in [2.24, 2.45) is 5.73 Å². The fraction of sp³-hybridized carbons (Fsp3) is 0.571. The Morgan fingerprint density at radius 3 is 2.31 bits per heavy atom. The van der Waals surface area contributed by atoms with Gasteiger partial charge in [-0.1, -0.05) is 0 Å². The summed E-state index contributed by atoms with van der Waals surface area (Å²) in [7, 11) is 0. The Balaban J connectivity index is 2.80. The molecule has 3 N–H and O–H groups in total. The van der Waals surface area contributed by atoms with Crippen LogP contribution in [0.2, 0.25) is 0 Å². The van der Waals surface area contributed by atoms with Crippen LogP contribution in [-0.2, 0) is 14.4 Å². The maximum Gasteiger partial charge on any atom is 0.243 e. The summed E-state index contributed by atoms with van der Waals surface area (Å²) < 4.78 is 0. The first kappa shape index (κ1) is 9.66.